The third-order valence-electron chi connectivity index (χ3n) is 6.78. The molecule has 1 saturated heterocycles. The monoisotopic (exact) mass is 476 g/mol. The average Bonchev–Trinajstić information content (AvgIpc) is 3.25. The minimum atomic E-state index is -0.759. The lowest BCUT2D eigenvalue weighted by molar-refractivity contribution is -0.133. The Kier molecular flexibility index (Phi) is 6.28. The van der Waals surface area contributed by atoms with Crippen LogP contribution in [0.5, 0.6) is 0 Å². The van der Waals surface area contributed by atoms with Crippen LogP contribution in [0, 0.1) is 11.6 Å². The van der Waals surface area contributed by atoms with Crippen molar-refractivity contribution in [2.24, 2.45) is 0 Å². The van der Waals surface area contributed by atoms with Crippen LogP contribution in [0.15, 0.2) is 42.5 Å². The Bertz CT molecular complexity index is 1270. The normalized spacial score (nSPS) is 16.1. The van der Waals surface area contributed by atoms with Gasteiger partial charge < -0.3 is 10.2 Å². The summed E-state index contributed by atoms with van der Waals surface area (Å²) in [6, 6.07) is 11.2. The molecule has 0 saturated carbocycles. The maximum atomic E-state index is 14.4. The summed E-state index contributed by atoms with van der Waals surface area (Å²) >= 11 is 0. The minimum absolute atomic E-state index is 0.0804. The zero-order valence-electron chi connectivity index (χ0n) is 19.5. The van der Waals surface area contributed by atoms with Crippen molar-refractivity contribution in [3.05, 3.63) is 82.2 Å². The van der Waals surface area contributed by atoms with E-state index in [2.05, 4.69) is 15.3 Å². The van der Waals surface area contributed by atoms with Crippen molar-refractivity contribution >= 4 is 11.8 Å². The molecular weight excluding hydrogens is 450 g/mol. The summed E-state index contributed by atoms with van der Waals surface area (Å²) in [6.07, 6.45) is 3.55. The number of carbonyl (C=O) groups excluding carboxylic acids is 2. The van der Waals surface area contributed by atoms with Crippen LogP contribution in [-0.2, 0) is 17.8 Å². The molecule has 5 rings (SSSR count). The number of piperidine rings is 1. The van der Waals surface area contributed by atoms with Gasteiger partial charge in [-0.2, -0.15) is 0 Å². The summed E-state index contributed by atoms with van der Waals surface area (Å²) in [5.41, 5.74) is 2.67. The number of fused-ring (bicyclic) bond motifs is 1. The van der Waals surface area contributed by atoms with E-state index in [-0.39, 0.29) is 42.1 Å². The molecule has 2 amide bonds. The van der Waals surface area contributed by atoms with Crippen LogP contribution in [0.2, 0.25) is 0 Å². The first-order valence-electron chi connectivity index (χ1n) is 11.9. The summed E-state index contributed by atoms with van der Waals surface area (Å²) < 4.78 is 28.8. The van der Waals surface area contributed by atoms with E-state index >= 15 is 0 Å². The zero-order chi connectivity index (χ0) is 24.5. The molecule has 6 nitrogen and oxygen atoms in total. The lowest BCUT2D eigenvalue weighted by Gasteiger charge is -2.29. The van der Waals surface area contributed by atoms with Crippen LogP contribution < -0.4 is 5.32 Å². The quantitative estimate of drug-likeness (QED) is 0.593. The Morgan fingerprint density at radius 2 is 1.69 bits per heavy atom. The van der Waals surface area contributed by atoms with Gasteiger partial charge in [0.15, 0.2) is 5.82 Å². The first kappa shape index (κ1) is 23.1. The molecule has 2 aromatic carbocycles. The Hall–Kier alpha value is -3.68. The van der Waals surface area contributed by atoms with Crippen LogP contribution in [0.25, 0.3) is 11.4 Å². The number of amides is 2. The molecule has 0 bridgehead atoms. The van der Waals surface area contributed by atoms with Gasteiger partial charge in [-0.15, -0.1) is 0 Å². The molecule has 3 aromatic rings. The maximum absolute atomic E-state index is 14.4. The first-order valence-corrected chi connectivity index (χ1v) is 11.9. The van der Waals surface area contributed by atoms with E-state index in [1.165, 1.54) is 12.5 Å². The summed E-state index contributed by atoms with van der Waals surface area (Å²) in [7, 11) is 0. The lowest BCUT2D eigenvalue weighted by atomic mass is 9.96. The van der Waals surface area contributed by atoms with E-state index in [0.717, 1.165) is 49.2 Å². The highest BCUT2D eigenvalue weighted by molar-refractivity contribution is 5.99. The first-order chi connectivity index (χ1) is 16.9. The predicted molar refractivity (Wildman–Crippen MR) is 127 cm³/mol. The molecule has 3 heterocycles. The van der Waals surface area contributed by atoms with Crippen molar-refractivity contribution in [3.8, 4) is 11.4 Å². The van der Waals surface area contributed by atoms with Crippen molar-refractivity contribution in [1.82, 2.24) is 20.2 Å². The molecular formula is C27H26F2N4O2. The molecule has 180 valence electrons. The van der Waals surface area contributed by atoms with Gasteiger partial charge in [-0.25, -0.2) is 18.7 Å². The summed E-state index contributed by atoms with van der Waals surface area (Å²) in [5.74, 6) is -2.00. The van der Waals surface area contributed by atoms with Crippen LogP contribution in [0.4, 0.5) is 8.78 Å². The van der Waals surface area contributed by atoms with Gasteiger partial charge in [-0.05, 0) is 49.4 Å². The van der Waals surface area contributed by atoms with E-state index in [1.54, 1.807) is 0 Å². The number of halogens is 2. The number of nitrogens with one attached hydrogen (secondary N) is 1. The smallest absolute Gasteiger partial charge is 0.255 e. The average molecular weight is 477 g/mol. The molecule has 0 aliphatic carbocycles. The number of hydrogen-bond donors (Lipinski definition) is 1. The van der Waals surface area contributed by atoms with E-state index in [4.69, 9.17) is 0 Å². The second-order valence-electron chi connectivity index (χ2n) is 9.12. The SMILES string of the molecule is C[C@H](C(=O)N1CCCCC1)c1ccc(Cc2nc(-c3c(F)cccc3F)nc3c2C(=O)NC3)cc1. The van der Waals surface area contributed by atoms with Crippen molar-refractivity contribution < 1.29 is 18.4 Å². The van der Waals surface area contributed by atoms with E-state index < -0.39 is 11.6 Å². The fourth-order valence-corrected chi connectivity index (χ4v) is 4.80. The van der Waals surface area contributed by atoms with Crippen molar-refractivity contribution in [3.63, 3.8) is 0 Å². The number of aromatic nitrogens is 2. The third-order valence-corrected chi connectivity index (χ3v) is 6.78. The van der Waals surface area contributed by atoms with Gasteiger partial charge in [0.25, 0.3) is 5.91 Å². The molecule has 2 aliphatic heterocycles. The van der Waals surface area contributed by atoms with Gasteiger partial charge in [-0.3, -0.25) is 9.59 Å². The molecule has 1 N–H and O–H groups in total. The molecule has 2 aliphatic rings. The number of nitrogens with zero attached hydrogens (tertiary/aromatic N) is 3. The lowest BCUT2D eigenvalue weighted by Crippen LogP contribution is -2.38. The van der Waals surface area contributed by atoms with E-state index in [1.807, 2.05) is 36.1 Å². The number of rotatable bonds is 5. The maximum Gasteiger partial charge on any atom is 0.255 e. The second-order valence-corrected chi connectivity index (χ2v) is 9.12. The molecule has 35 heavy (non-hydrogen) atoms. The highest BCUT2D eigenvalue weighted by atomic mass is 19.1. The Labute approximate surface area is 202 Å². The second kappa shape index (κ2) is 9.52. The van der Waals surface area contributed by atoms with Crippen LogP contribution in [0.1, 0.15) is 65.0 Å². The van der Waals surface area contributed by atoms with Gasteiger partial charge in [0.2, 0.25) is 5.91 Å². The van der Waals surface area contributed by atoms with Gasteiger partial charge in [0.05, 0.1) is 35.0 Å². The van der Waals surface area contributed by atoms with E-state index in [9.17, 15) is 18.4 Å². The number of carbonyl (C=O) groups is 2. The fourth-order valence-electron chi connectivity index (χ4n) is 4.80. The van der Waals surface area contributed by atoms with Gasteiger partial charge in [-0.1, -0.05) is 30.3 Å². The van der Waals surface area contributed by atoms with Gasteiger partial charge in [0, 0.05) is 19.5 Å². The standard InChI is InChI=1S/C27H26F2N4O2/c1-16(27(35)33-12-3-2-4-13-33)18-10-8-17(9-11-18)14-21-24-22(15-30-26(24)34)32-25(31-21)23-19(28)6-5-7-20(23)29/h5-11,16H,2-4,12-15H2,1H3,(H,30,34)/t16-/m0/s1. The summed E-state index contributed by atoms with van der Waals surface area (Å²) in [4.78, 5) is 36.0. The van der Waals surface area contributed by atoms with E-state index in [0.29, 0.717) is 17.0 Å². The van der Waals surface area contributed by atoms with Gasteiger partial charge in [0.1, 0.15) is 11.6 Å². The Morgan fingerprint density at radius 1 is 1.00 bits per heavy atom. The molecule has 8 heteroatoms. The van der Waals surface area contributed by atoms with Gasteiger partial charge >= 0.3 is 0 Å². The molecule has 1 aromatic heterocycles. The Balaban J connectivity index is 1.42. The minimum Gasteiger partial charge on any atom is -0.346 e. The fraction of sp³-hybridized carbons (Fsp3) is 0.333. The van der Waals surface area contributed by atoms with Crippen molar-refractivity contribution in [1.29, 1.82) is 0 Å². The summed E-state index contributed by atoms with van der Waals surface area (Å²) in [6.45, 7) is 3.73. The zero-order valence-corrected chi connectivity index (χ0v) is 19.5. The number of likely N-dealkylation sites (tertiary alicyclic amines) is 1. The highest BCUT2D eigenvalue weighted by Gasteiger charge is 2.28. The molecule has 1 atom stereocenters. The number of hydrogen-bond acceptors (Lipinski definition) is 4. The molecule has 0 radical (unpaired) electrons. The van der Waals surface area contributed by atoms with Crippen molar-refractivity contribution in [2.45, 2.75) is 45.1 Å². The topological polar surface area (TPSA) is 75.2 Å². The van der Waals surface area contributed by atoms with Crippen molar-refractivity contribution in [2.75, 3.05) is 13.1 Å². The highest BCUT2D eigenvalue weighted by Crippen LogP contribution is 2.28. The van der Waals surface area contributed by atoms with Crippen LogP contribution >= 0.6 is 0 Å². The summed E-state index contributed by atoms with van der Waals surface area (Å²) in [5, 5.41) is 2.72. The largest absolute Gasteiger partial charge is 0.346 e. The molecule has 0 unspecified atom stereocenters. The van der Waals surface area contributed by atoms with Crippen LogP contribution in [0.3, 0.4) is 0 Å². The van der Waals surface area contributed by atoms with Crippen LogP contribution in [-0.4, -0.2) is 39.8 Å². The number of benzene rings is 2. The predicted octanol–water partition coefficient (Wildman–Crippen LogP) is 4.37. The molecule has 0 spiro atoms. The third kappa shape index (κ3) is 4.52. The molecule has 1 fully saturated rings. The Morgan fingerprint density at radius 3 is 2.37 bits per heavy atom.